The molecule has 0 saturated carbocycles. The Morgan fingerprint density at radius 1 is 1.21 bits per heavy atom. The average molecular weight is 192 g/mol. The predicted molar refractivity (Wildman–Crippen MR) is 61.6 cm³/mol. The summed E-state index contributed by atoms with van der Waals surface area (Å²) in [4.78, 5) is 2.41. The van der Waals surface area contributed by atoms with Gasteiger partial charge in [0.15, 0.2) is 0 Å². The van der Waals surface area contributed by atoms with Gasteiger partial charge >= 0.3 is 0 Å². The van der Waals surface area contributed by atoms with E-state index in [1.807, 2.05) is 6.08 Å². The van der Waals surface area contributed by atoms with Gasteiger partial charge in [0, 0.05) is 24.5 Å². The molecule has 1 fully saturated rings. The minimum absolute atomic E-state index is 0.723. The summed E-state index contributed by atoms with van der Waals surface area (Å²) in [7, 11) is 0. The van der Waals surface area contributed by atoms with Crippen molar-refractivity contribution in [2.45, 2.75) is 26.2 Å². The number of piperidine rings is 1. The van der Waals surface area contributed by atoms with E-state index in [0.29, 0.717) is 0 Å². The van der Waals surface area contributed by atoms with Gasteiger partial charge in [-0.3, -0.25) is 0 Å². The Morgan fingerprint density at radius 2 is 1.86 bits per heavy atom. The lowest BCUT2D eigenvalue weighted by molar-refractivity contribution is 0.286. The number of hydrogen-bond acceptors (Lipinski definition) is 2. The van der Waals surface area contributed by atoms with Gasteiger partial charge in [-0.15, -0.1) is 0 Å². The molecule has 0 unspecified atom stereocenters. The Labute approximate surface area is 86.8 Å². The fourth-order valence-corrected chi connectivity index (χ4v) is 1.64. The first kappa shape index (κ1) is 10.9. The Kier molecular flexibility index (Phi) is 4.30. The van der Waals surface area contributed by atoms with Gasteiger partial charge in [0.25, 0.3) is 0 Å². The first-order chi connectivity index (χ1) is 6.74. The lowest BCUT2D eigenvalue weighted by Gasteiger charge is -2.29. The van der Waals surface area contributed by atoms with Crippen molar-refractivity contribution in [1.82, 2.24) is 4.90 Å². The zero-order chi connectivity index (χ0) is 10.4. The molecule has 1 aliphatic rings. The van der Waals surface area contributed by atoms with E-state index in [4.69, 9.17) is 5.73 Å². The highest BCUT2D eigenvalue weighted by Crippen LogP contribution is 2.14. The van der Waals surface area contributed by atoms with Crippen LogP contribution in [0, 0.1) is 0 Å². The molecular weight excluding hydrogens is 172 g/mol. The summed E-state index contributed by atoms with van der Waals surface area (Å²) in [5.74, 6) is 0. The van der Waals surface area contributed by atoms with Gasteiger partial charge < -0.3 is 10.6 Å². The minimum atomic E-state index is 0.723. The molecule has 0 bridgehead atoms. The summed E-state index contributed by atoms with van der Waals surface area (Å²) in [5, 5.41) is 0. The van der Waals surface area contributed by atoms with Gasteiger partial charge in [0.1, 0.15) is 0 Å². The summed E-state index contributed by atoms with van der Waals surface area (Å²) in [6.07, 6.45) is 9.64. The van der Waals surface area contributed by atoms with E-state index in [2.05, 4.69) is 24.5 Å². The highest BCUT2D eigenvalue weighted by atomic mass is 15.1. The smallest absolute Gasteiger partial charge is 0.0308 e. The molecule has 1 saturated heterocycles. The Hall–Kier alpha value is -1.18. The van der Waals surface area contributed by atoms with Crippen LogP contribution in [0.25, 0.3) is 0 Å². The van der Waals surface area contributed by atoms with Crippen molar-refractivity contribution in [1.29, 1.82) is 0 Å². The fourth-order valence-electron chi connectivity index (χ4n) is 1.64. The molecule has 0 aromatic rings. The van der Waals surface area contributed by atoms with E-state index < -0.39 is 0 Å². The molecule has 1 heterocycles. The maximum Gasteiger partial charge on any atom is 0.0308 e. The first-order valence-corrected chi connectivity index (χ1v) is 5.25. The molecule has 0 spiro atoms. The first-order valence-electron chi connectivity index (χ1n) is 5.25. The second kappa shape index (κ2) is 5.53. The molecule has 78 valence electrons. The minimum Gasteiger partial charge on any atom is -0.399 e. The van der Waals surface area contributed by atoms with Crippen LogP contribution in [0.4, 0.5) is 0 Å². The maximum absolute atomic E-state index is 5.63. The molecule has 14 heavy (non-hydrogen) atoms. The van der Waals surface area contributed by atoms with E-state index in [0.717, 1.165) is 5.70 Å². The Morgan fingerprint density at radius 3 is 2.43 bits per heavy atom. The SMILES string of the molecule is C=C/C(N)=C\C=C(/C)N1CCCCC1. The maximum atomic E-state index is 5.63. The number of likely N-dealkylation sites (tertiary alicyclic amines) is 1. The second-order valence-electron chi connectivity index (χ2n) is 3.73. The van der Waals surface area contributed by atoms with Crippen molar-refractivity contribution >= 4 is 0 Å². The van der Waals surface area contributed by atoms with Gasteiger partial charge in [0.2, 0.25) is 0 Å². The zero-order valence-electron chi connectivity index (χ0n) is 9.00. The van der Waals surface area contributed by atoms with Crippen molar-refractivity contribution in [3.8, 4) is 0 Å². The van der Waals surface area contributed by atoms with E-state index >= 15 is 0 Å². The molecule has 0 atom stereocenters. The third-order valence-corrected chi connectivity index (χ3v) is 2.61. The Balaban J connectivity index is 2.53. The molecule has 2 N–H and O–H groups in total. The number of nitrogens with two attached hydrogens (primary N) is 1. The van der Waals surface area contributed by atoms with Crippen LogP contribution in [-0.2, 0) is 0 Å². The van der Waals surface area contributed by atoms with Gasteiger partial charge in [-0.2, -0.15) is 0 Å². The van der Waals surface area contributed by atoms with E-state index in [9.17, 15) is 0 Å². The monoisotopic (exact) mass is 192 g/mol. The molecular formula is C12H20N2. The molecule has 1 rings (SSSR count). The third kappa shape index (κ3) is 3.29. The normalized spacial score (nSPS) is 19.6. The third-order valence-electron chi connectivity index (χ3n) is 2.61. The lowest BCUT2D eigenvalue weighted by Crippen LogP contribution is -2.27. The molecule has 0 aromatic heterocycles. The van der Waals surface area contributed by atoms with Crippen LogP contribution in [0.1, 0.15) is 26.2 Å². The van der Waals surface area contributed by atoms with Crippen molar-refractivity contribution in [3.63, 3.8) is 0 Å². The van der Waals surface area contributed by atoms with Crippen molar-refractivity contribution < 1.29 is 0 Å². The highest BCUT2D eigenvalue weighted by molar-refractivity contribution is 5.21. The predicted octanol–water partition coefficient (Wildman–Crippen LogP) is 2.40. The lowest BCUT2D eigenvalue weighted by atomic mass is 10.1. The summed E-state index contributed by atoms with van der Waals surface area (Å²) >= 11 is 0. The largest absolute Gasteiger partial charge is 0.399 e. The quantitative estimate of drug-likeness (QED) is 0.696. The molecule has 1 aliphatic heterocycles. The van der Waals surface area contributed by atoms with Crippen LogP contribution in [0.2, 0.25) is 0 Å². The van der Waals surface area contributed by atoms with Gasteiger partial charge in [-0.05, 0) is 44.4 Å². The molecule has 2 nitrogen and oxygen atoms in total. The number of allylic oxidation sites excluding steroid dienone is 4. The second-order valence-corrected chi connectivity index (χ2v) is 3.73. The number of rotatable bonds is 3. The van der Waals surface area contributed by atoms with Crippen LogP contribution in [0.3, 0.4) is 0 Å². The summed E-state index contributed by atoms with van der Waals surface area (Å²) in [5.41, 5.74) is 7.65. The summed E-state index contributed by atoms with van der Waals surface area (Å²) in [6.45, 7) is 8.12. The summed E-state index contributed by atoms with van der Waals surface area (Å²) in [6, 6.07) is 0. The van der Waals surface area contributed by atoms with Crippen molar-refractivity contribution in [2.75, 3.05) is 13.1 Å². The molecule has 0 amide bonds. The van der Waals surface area contributed by atoms with E-state index in [1.165, 1.54) is 38.0 Å². The van der Waals surface area contributed by atoms with Crippen LogP contribution in [0.15, 0.2) is 36.2 Å². The van der Waals surface area contributed by atoms with Crippen LogP contribution in [0.5, 0.6) is 0 Å². The van der Waals surface area contributed by atoms with E-state index in [1.54, 1.807) is 6.08 Å². The van der Waals surface area contributed by atoms with Gasteiger partial charge in [0.05, 0.1) is 0 Å². The zero-order valence-corrected chi connectivity index (χ0v) is 9.00. The average Bonchev–Trinajstić information content (AvgIpc) is 2.26. The molecule has 0 aromatic carbocycles. The molecule has 2 heteroatoms. The highest BCUT2D eigenvalue weighted by Gasteiger charge is 2.08. The summed E-state index contributed by atoms with van der Waals surface area (Å²) < 4.78 is 0. The number of nitrogens with zero attached hydrogens (tertiary/aromatic N) is 1. The van der Waals surface area contributed by atoms with Gasteiger partial charge in [-0.1, -0.05) is 6.58 Å². The van der Waals surface area contributed by atoms with Crippen LogP contribution < -0.4 is 5.73 Å². The van der Waals surface area contributed by atoms with Crippen LogP contribution in [-0.4, -0.2) is 18.0 Å². The van der Waals surface area contributed by atoms with Crippen LogP contribution >= 0.6 is 0 Å². The van der Waals surface area contributed by atoms with E-state index in [-0.39, 0.29) is 0 Å². The molecule has 0 aliphatic carbocycles. The number of hydrogen-bond donors (Lipinski definition) is 1. The van der Waals surface area contributed by atoms with Gasteiger partial charge in [-0.25, -0.2) is 0 Å². The Bertz CT molecular complexity index is 245. The van der Waals surface area contributed by atoms with Crippen molar-refractivity contribution in [3.05, 3.63) is 36.2 Å². The fraction of sp³-hybridized carbons (Fsp3) is 0.500. The topological polar surface area (TPSA) is 29.3 Å². The van der Waals surface area contributed by atoms with Crippen molar-refractivity contribution in [2.24, 2.45) is 5.73 Å². The standard InChI is InChI=1S/C12H20N2/c1-3-12(13)8-7-11(2)14-9-5-4-6-10-14/h3,7-8H,1,4-6,9-10,13H2,2H3/b11-7+,12-8+. The molecule has 0 radical (unpaired) electrons.